The van der Waals surface area contributed by atoms with Crippen LogP contribution in [0.3, 0.4) is 0 Å². The van der Waals surface area contributed by atoms with E-state index < -0.39 is 8.07 Å². The molecule has 0 amide bonds. The third-order valence-corrected chi connectivity index (χ3v) is 20.7. The summed E-state index contributed by atoms with van der Waals surface area (Å²) in [4.78, 5) is 21.1. The van der Waals surface area contributed by atoms with E-state index in [0.29, 0.717) is 17.6 Å². The Morgan fingerprint density at radius 3 is 1.27 bits per heavy atom. The van der Waals surface area contributed by atoms with Gasteiger partial charge < -0.3 is 4.57 Å². The van der Waals surface area contributed by atoms with E-state index in [-0.39, 0.29) is 0 Å². The lowest BCUT2D eigenvalue weighted by Crippen LogP contribution is -2.74. The van der Waals surface area contributed by atoms with Crippen molar-refractivity contribution in [3.63, 3.8) is 0 Å². The van der Waals surface area contributed by atoms with Crippen LogP contribution in [0.4, 0.5) is 0 Å². The molecule has 15 aromatic rings. The second-order valence-electron chi connectivity index (χ2n) is 20.5. The summed E-state index contributed by atoms with van der Waals surface area (Å²) in [5.41, 5.74) is 13.4. The molecule has 0 bridgehead atoms. The first-order valence-electron chi connectivity index (χ1n) is 27.5. The highest BCUT2D eigenvalue weighted by Gasteiger charge is 2.42. The molecule has 0 aliphatic carbocycles. The smallest absolute Gasteiger partial charge is 0.238 e. The Morgan fingerprint density at radius 1 is 0.247 bits per heavy atom. The molecule has 0 fully saturated rings. The summed E-state index contributed by atoms with van der Waals surface area (Å²) in [6, 6.07) is 109. The normalized spacial score (nSPS) is 11.7. The van der Waals surface area contributed by atoms with Crippen LogP contribution in [0.2, 0.25) is 0 Å². The molecular formula is C74H50N6Si. The van der Waals surface area contributed by atoms with Crippen molar-refractivity contribution in [3.8, 4) is 68.1 Å². The summed E-state index contributed by atoms with van der Waals surface area (Å²) in [5, 5.41) is 9.79. The largest absolute Gasteiger partial charge is 0.309 e. The van der Waals surface area contributed by atoms with Gasteiger partial charge in [-0.25, -0.2) is 9.97 Å². The van der Waals surface area contributed by atoms with E-state index in [1.807, 2.05) is 36.4 Å². The second-order valence-corrected chi connectivity index (χ2v) is 24.4. The van der Waals surface area contributed by atoms with E-state index >= 15 is 0 Å². The summed E-state index contributed by atoms with van der Waals surface area (Å²) < 4.78 is 4.62. The Morgan fingerprint density at radius 2 is 0.679 bits per heavy atom. The maximum absolute atomic E-state index is 5.54. The third-order valence-electron chi connectivity index (χ3n) is 15.9. The van der Waals surface area contributed by atoms with Gasteiger partial charge in [-0.3, -0.25) is 4.57 Å². The van der Waals surface area contributed by atoms with E-state index in [1.165, 1.54) is 31.5 Å². The molecule has 380 valence electrons. The number of pyridine rings is 1. The maximum Gasteiger partial charge on any atom is 0.238 e. The van der Waals surface area contributed by atoms with Crippen LogP contribution in [0.25, 0.3) is 112 Å². The summed E-state index contributed by atoms with van der Waals surface area (Å²) >= 11 is 0. The number of para-hydroxylation sites is 4. The number of aromatic nitrogens is 6. The lowest BCUT2D eigenvalue weighted by molar-refractivity contribution is 0.953. The van der Waals surface area contributed by atoms with Crippen molar-refractivity contribution in [2.24, 2.45) is 0 Å². The maximum atomic E-state index is 5.54. The van der Waals surface area contributed by atoms with E-state index in [2.05, 4.69) is 276 Å². The number of benzene rings is 11. The van der Waals surface area contributed by atoms with Gasteiger partial charge in [0.05, 0.1) is 39.1 Å². The molecule has 15 rings (SSSR count). The van der Waals surface area contributed by atoms with Crippen LogP contribution in [0.5, 0.6) is 0 Å². The highest BCUT2D eigenvalue weighted by atomic mass is 28.3. The molecule has 0 unspecified atom stereocenters. The SMILES string of the molecule is c1ccc(-c2cc(-c3cccc([Si](c4ccccc4)(c4ccccc4)c4ccc5c(c4)c4ccccc4n5-c4nc(-c5ccccc5)nc(-c5ccccc5)n4)c3)cc(-c3ccccc3-n3c4ccccc4c4ccccc43)n2)cc1. The van der Waals surface area contributed by atoms with Gasteiger partial charge in [-0.15, -0.1) is 0 Å². The third kappa shape index (κ3) is 8.17. The number of fused-ring (bicyclic) bond motifs is 6. The van der Waals surface area contributed by atoms with Crippen LogP contribution in [0, 0.1) is 0 Å². The summed E-state index contributed by atoms with van der Waals surface area (Å²) in [6.45, 7) is 0. The van der Waals surface area contributed by atoms with E-state index in [9.17, 15) is 0 Å². The summed E-state index contributed by atoms with van der Waals surface area (Å²) in [6.07, 6.45) is 0. The van der Waals surface area contributed by atoms with E-state index in [0.717, 1.165) is 83.3 Å². The molecule has 4 aromatic heterocycles. The fraction of sp³-hybridized carbons (Fsp3) is 0. The molecule has 4 heterocycles. The highest BCUT2D eigenvalue weighted by Crippen LogP contribution is 2.39. The van der Waals surface area contributed by atoms with Crippen molar-refractivity contribution in [2.75, 3.05) is 0 Å². The molecule has 6 nitrogen and oxygen atoms in total. The first-order valence-corrected chi connectivity index (χ1v) is 29.5. The molecule has 0 aliphatic rings. The monoisotopic (exact) mass is 1050 g/mol. The van der Waals surface area contributed by atoms with Gasteiger partial charge in [0.15, 0.2) is 19.7 Å². The van der Waals surface area contributed by atoms with Crippen molar-refractivity contribution < 1.29 is 0 Å². The van der Waals surface area contributed by atoms with Crippen molar-refractivity contribution in [3.05, 3.63) is 303 Å². The van der Waals surface area contributed by atoms with Crippen molar-refractivity contribution >= 4 is 72.4 Å². The van der Waals surface area contributed by atoms with E-state index in [1.54, 1.807) is 0 Å². The molecule has 0 saturated heterocycles. The van der Waals surface area contributed by atoms with Crippen LogP contribution in [-0.4, -0.2) is 37.1 Å². The highest BCUT2D eigenvalue weighted by molar-refractivity contribution is 7.20. The van der Waals surface area contributed by atoms with Crippen LogP contribution in [0.1, 0.15) is 0 Å². The van der Waals surface area contributed by atoms with Crippen LogP contribution >= 0.6 is 0 Å². The number of rotatable bonds is 11. The van der Waals surface area contributed by atoms with Crippen molar-refractivity contribution in [2.45, 2.75) is 0 Å². The zero-order valence-electron chi connectivity index (χ0n) is 44.1. The second kappa shape index (κ2) is 20.0. The molecule has 81 heavy (non-hydrogen) atoms. The minimum Gasteiger partial charge on any atom is -0.309 e. The lowest BCUT2D eigenvalue weighted by Gasteiger charge is -2.35. The Bertz CT molecular complexity index is 4660. The van der Waals surface area contributed by atoms with Gasteiger partial charge in [0.2, 0.25) is 5.95 Å². The molecule has 11 aromatic carbocycles. The Balaban J connectivity index is 0.948. The van der Waals surface area contributed by atoms with Crippen LogP contribution in [0.15, 0.2) is 303 Å². The van der Waals surface area contributed by atoms with Gasteiger partial charge in [-0.05, 0) is 74.3 Å². The summed E-state index contributed by atoms with van der Waals surface area (Å²) in [5.74, 6) is 1.80. The minimum absolute atomic E-state index is 0.563. The molecule has 0 N–H and O–H groups in total. The molecular weight excluding hydrogens is 1000 g/mol. The first kappa shape index (κ1) is 47.6. The van der Waals surface area contributed by atoms with Crippen LogP contribution < -0.4 is 20.7 Å². The Kier molecular flexibility index (Phi) is 11.8. The topological polar surface area (TPSA) is 61.4 Å². The van der Waals surface area contributed by atoms with Gasteiger partial charge in [0, 0.05) is 43.8 Å². The quantitative estimate of drug-likeness (QED) is 0.0957. The average Bonchev–Trinajstić information content (AvgIpc) is 4.33. The van der Waals surface area contributed by atoms with Gasteiger partial charge >= 0.3 is 0 Å². The Labute approximate surface area is 470 Å². The van der Waals surface area contributed by atoms with Gasteiger partial charge in [-0.2, -0.15) is 9.97 Å². The Hall–Kier alpha value is -10.6. The molecule has 0 spiro atoms. The molecule has 7 heteroatoms. The number of hydrogen-bond acceptors (Lipinski definition) is 4. The predicted octanol–water partition coefficient (Wildman–Crippen LogP) is 15.2. The van der Waals surface area contributed by atoms with Gasteiger partial charge in [-0.1, -0.05) is 261 Å². The minimum atomic E-state index is -3.17. The molecule has 0 radical (unpaired) electrons. The van der Waals surface area contributed by atoms with E-state index in [4.69, 9.17) is 19.9 Å². The molecule has 0 aliphatic heterocycles. The predicted molar refractivity (Wildman–Crippen MR) is 337 cm³/mol. The van der Waals surface area contributed by atoms with Crippen molar-refractivity contribution in [1.29, 1.82) is 0 Å². The average molecular weight is 1050 g/mol. The van der Waals surface area contributed by atoms with Gasteiger partial charge in [0.25, 0.3) is 0 Å². The lowest BCUT2D eigenvalue weighted by atomic mass is 9.99. The van der Waals surface area contributed by atoms with Gasteiger partial charge in [0.1, 0.15) is 0 Å². The first-order chi connectivity index (χ1) is 40.2. The van der Waals surface area contributed by atoms with Crippen LogP contribution in [-0.2, 0) is 0 Å². The fourth-order valence-corrected chi connectivity index (χ4v) is 17.1. The summed E-state index contributed by atoms with van der Waals surface area (Å²) in [7, 11) is -3.17. The molecule has 0 saturated carbocycles. The molecule has 0 atom stereocenters. The standard InChI is InChI=1S/C74H50N6Si/c1-6-25-51(26-7-1)65-48-55(49-66(75-65)63-40-19-23-44-70(63)79-67-41-20-16-37-60(67)61-38-17-21-42-68(61)79)54-31-24-36-58(47-54)81(56-32-12-4-13-33-56,57-34-14-5-15-35-57)59-45-46-71-64(50-59)62-39-18-22-43-69(62)80(71)74-77-72(52-27-8-2-9-28-52)76-73(78-74)53-29-10-3-11-30-53/h1-50H. The zero-order valence-corrected chi connectivity index (χ0v) is 45.1. The zero-order chi connectivity index (χ0) is 53.7. The van der Waals surface area contributed by atoms with Crippen molar-refractivity contribution in [1.82, 2.24) is 29.1 Å². The number of hydrogen-bond donors (Lipinski definition) is 0. The fourth-order valence-electron chi connectivity index (χ4n) is 12.3. The number of nitrogens with zero attached hydrogens (tertiary/aromatic N) is 6.